The van der Waals surface area contributed by atoms with Gasteiger partial charge in [-0.2, -0.15) is 0 Å². The molecule has 0 aromatic heterocycles. The molecule has 1 fully saturated rings. The number of carbonyl (C=O) groups is 1. The quantitative estimate of drug-likeness (QED) is 0.625. The minimum Gasteiger partial charge on any atom is -0.394 e. The topological polar surface area (TPSA) is 66.6 Å². The molecule has 0 aromatic rings. The maximum atomic E-state index is 11.4. The molecule has 4 nitrogen and oxygen atoms in total. The molecule has 3 N–H and O–H groups in total. The number of hydrogen-bond donors (Lipinski definition) is 2. The van der Waals surface area contributed by atoms with Crippen molar-refractivity contribution in [3.8, 4) is 0 Å². The van der Waals surface area contributed by atoms with Crippen LogP contribution in [-0.2, 0) is 4.79 Å². The number of likely N-dealkylation sites (N-methyl/N-ethyl adjacent to an activating group) is 1. The predicted molar refractivity (Wildman–Crippen MR) is 50.0 cm³/mol. The summed E-state index contributed by atoms with van der Waals surface area (Å²) in [5.41, 5.74) is 5.41. The van der Waals surface area contributed by atoms with E-state index in [1.807, 2.05) is 0 Å². The van der Waals surface area contributed by atoms with E-state index in [0.717, 1.165) is 6.54 Å². The summed E-state index contributed by atoms with van der Waals surface area (Å²) >= 11 is 0. The van der Waals surface area contributed by atoms with E-state index in [0.29, 0.717) is 5.92 Å². The van der Waals surface area contributed by atoms with Crippen LogP contribution in [0, 0.1) is 5.92 Å². The first-order chi connectivity index (χ1) is 6.15. The fourth-order valence-corrected chi connectivity index (χ4v) is 1.51. The predicted octanol–water partition coefficient (Wildman–Crippen LogP) is -0.435. The van der Waals surface area contributed by atoms with Gasteiger partial charge in [0, 0.05) is 13.6 Å². The molecule has 1 rings (SSSR count). The summed E-state index contributed by atoms with van der Waals surface area (Å²) < 4.78 is 0. The van der Waals surface area contributed by atoms with Crippen LogP contribution in [-0.4, -0.2) is 42.2 Å². The van der Waals surface area contributed by atoms with E-state index < -0.39 is 6.04 Å². The van der Waals surface area contributed by atoms with Crippen molar-refractivity contribution in [1.29, 1.82) is 0 Å². The molecule has 0 saturated heterocycles. The molecule has 1 aliphatic rings. The van der Waals surface area contributed by atoms with Gasteiger partial charge in [0.25, 0.3) is 0 Å². The van der Waals surface area contributed by atoms with Crippen molar-refractivity contribution < 1.29 is 9.90 Å². The zero-order valence-electron chi connectivity index (χ0n) is 8.07. The van der Waals surface area contributed by atoms with Crippen LogP contribution in [0.1, 0.15) is 19.3 Å². The third-order valence-corrected chi connectivity index (χ3v) is 2.65. The monoisotopic (exact) mass is 186 g/mol. The SMILES string of the molecule is CN(CC1CCC1)C(=O)C(N)CO. The van der Waals surface area contributed by atoms with Crippen molar-refractivity contribution in [3.63, 3.8) is 0 Å². The molecular weight excluding hydrogens is 168 g/mol. The largest absolute Gasteiger partial charge is 0.394 e. The van der Waals surface area contributed by atoms with E-state index in [2.05, 4.69) is 0 Å². The van der Waals surface area contributed by atoms with Crippen LogP contribution in [0.4, 0.5) is 0 Å². The molecule has 76 valence electrons. The van der Waals surface area contributed by atoms with E-state index in [1.54, 1.807) is 11.9 Å². The van der Waals surface area contributed by atoms with Gasteiger partial charge in [-0.1, -0.05) is 6.42 Å². The summed E-state index contributed by atoms with van der Waals surface area (Å²) in [6, 6.07) is -0.745. The van der Waals surface area contributed by atoms with E-state index in [-0.39, 0.29) is 12.5 Å². The van der Waals surface area contributed by atoms with Crippen molar-refractivity contribution in [2.45, 2.75) is 25.3 Å². The van der Waals surface area contributed by atoms with Gasteiger partial charge in [0.15, 0.2) is 0 Å². The second-order valence-electron chi connectivity index (χ2n) is 3.80. The Balaban J connectivity index is 2.28. The van der Waals surface area contributed by atoms with E-state index in [9.17, 15) is 4.79 Å². The third kappa shape index (κ3) is 2.67. The first-order valence-corrected chi connectivity index (χ1v) is 4.76. The van der Waals surface area contributed by atoms with Crippen LogP contribution >= 0.6 is 0 Å². The van der Waals surface area contributed by atoms with E-state index in [1.165, 1.54) is 19.3 Å². The lowest BCUT2D eigenvalue weighted by atomic mass is 9.85. The van der Waals surface area contributed by atoms with Gasteiger partial charge in [-0.3, -0.25) is 4.79 Å². The van der Waals surface area contributed by atoms with Gasteiger partial charge in [0.1, 0.15) is 6.04 Å². The van der Waals surface area contributed by atoms with Crippen molar-refractivity contribution in [2.75, 3.05) is 20.2 Å². The second-order valence-corrected chi connectivity index (χ2v) is 3.80. The van der Waals surface area contributed by atoms with Gasteiger partial charge in [0.2, 0.25) is 5.91 Å². The van der Waals surface area contributed by atoms with Gasteiger partial charge in [-0.25, -0.2) is 0 Å². The van der Waals surface area contributed by atoms with Gasteiger partial charge in [-0.15, -0.1) is 0 Å². The average Bonchev–Trinajstić information content (AvgIpc) is 2.08. The van der Waals surface area contributed by atoms with Crippen LogP contribution < -0.4 is 5.73 Å². The van der Waals surface area contributed by atoms with Gasteiger partial charge in [-0.05, 0) is 18.8 Å². The highest BCUT2D eigenvalue weighted by Gasteiger charge is 2.23. The third-order valence-electron chi connectivity index (χ3n) is 2.65. The van der Waals surface area contributed by atoms with Crippen molar-refractivity contribution in [1.82, 2.24) is 4.90 Å². The Bertz CT molecular complexity index is 180. The lowest BCUT2D eigenvalue weighted by molar-refractivity contribution is -0.133. The molecule has 4 heteroatoms. The van der Waals surface area contributed by atoms with Crippen LogP contribution in [0.25, 0.3) is 0 Å². The Labute approximate surface area is 78.7 Å². The molecule has 1 saturated carbocycles. The first-order valence-electron chi connectivity index (χ1n) is 4.76. The van der Waals surface area contributed by atoms with Crippen molar-refractivity contribution in [2.24, 2.45) is 11.7 Å². The summed E-state index contributed by atoms with van der Waals surface area (Å²) in [7, 11) is 1.75. The summed E-state index contributed by atoms with van der Waals surface area (Å²) in [6.07, 6.45) is 3.71. The highest BCUT2D eigenvalue weighted by atomic mass is 16.3. The number of aliphatic hydroxyl groups is 1. The summed E-state index contributed by atoms with van der Waals surface area (Å²) in [5, 5.41) is 8.69. The molecule has 13 heavy (non-hydrogen) atoms. The second kappa shape index (κ2) is 4.58. The van der Waals surface area contributed by atoms with Crippen LogP contribution in [0.15, 0.2) is 0 Å². The van der Waals surface area contributed by atoms with Gasteiger partial charge < -0.3 is 15.7 Å². The minimum atomic E-state index is -0.745. The fourth-order valence-electron chi connectivity index (χ4n) is 1.51. The Morgan fingerprint density at radius 2 is 2.31 bits per heavy atom. The maximum Gasteiger partial charge on any atom is 0.241 e. The molecule has 1 amide bonds. The molecule has 1 atom stereocenters. The molecule has 0 spiro atoms. The normalized spacial score (nSPS) is 19.3. The number of nitrogens with zero attached hydrogens (tertiary/aromatic N) is 1. The number of carbonyl (C=O) groups excluding carboxylic acids is 1. The van der Waals surface area contributed by atoms with Crippen molar-refractivity contribution >= 4 is 5.91 Å². The molecule has 0 aliphatic heterocycles. The Morgan fingerprint density at radius 3 is 2.69 bits per heavy atom. The standard InChI is InChI=1S/C9H18N2O2/c1-11(5-7-3-2-4-7)9(13)8(10)6-12/h7-8,12H,2-6,10H2,1H3. The zero-order valence-corrected chi connectivity index (χ0v) is 8.07. The number of rotatable bonds is 4. The highest BCUT2D eigenvalue weighted by molar-refractivity contribution is 5.81. The zero-order chi connectivity index (χ0) is 9.84. The Hall–Kier alpha value is -0.610. The Kier molecular flexibility index (Phi) is 3.69. The molecule has 1 aliphatic carbocycles. The number of aliphatic hydroxyl groups excluding tert-OH is 1. The lowest BCUT2D eigenvalue weighted by Crippen LogP contribution is -2.46. The number of nitrogens with two attached hydrogens (primary N) is 1. The molecule has 0 heterocycles. The smallest absolute Gasteiger partial charge is 0.241 e. The highest BCUT2D eigenvalue weighted by Crippen LogP contribution is 2.26. The fraction of sp³-hybridized carbons (Fsp3) is 0.889. The maximum absolute atomic E-state index is 11.4. The first kappa shape index (κ1) is 10.5. The van der Waals surface area contributed by atoms with Crippen LogP contribution in [0.3, 0.4) is 0 Å². The van der Waals surface area contributed by atoms with Gasteiger partial charge in [0.05, 0.1) is 6.61 Å². The van der Waals surface area contributed by atoms with Crippen LogP contribution in [0.5, 0.6) is 0 Å². The van der Waals surface area contributed by atoms with Gasteiger partial charge >= 0.3 is 0 Å². The van der Waals surface area contributed by atoms with E-state index >= 15 is 0 Å². The summed E-state index contributed by atoms with van der Waals surface area (Å²) in [5.74, 6) is 0.495. The lowest BCUT2D eigenvalue weighted by Gasteiger charge is -2.31. The molecule has 1 unspecified atom stereocenters. The molecule has 0 radical (unpaired) electrons. The number of hydrogen-bond acceptors (Lipinski definition) is 3. The molecule has 0 bridgehead atoms. The number of amides is 1. The molecule has 0 aromatic carbocycles. The van der Waals surface area contributed by atoms with Crippen molar-refractivity contribution in [3.05, 3.63) is 0 Å². The average molecular weight is 186 g/mol. The van der Waals surface area contributed by atoms with E-state index in [4.69, 9.17) is 10.8 Å². The van der Waals surface area contributed by atoms with Crippen LogP contribution in [0.2, 0.25) is 0 Å². The minimum absolute atomic E-state index is 0.158. The summed E-state index contributed by atoms with van der Waals surface area (Å²) in [4.78, 5) is 13.0. The Morgan fingerprint density at radius 1 is 1.69 bits per heavy atom. The molecular formula is C9H18N2O2. The summed E-state index contributed by atoms with van der Waals surface area (Å²) in [6.45, 7) is 0.514.